The summed E-state index contributed by atoms with van der Waals surface area (Å²) in [6.45, 7) is 3.03. The molecular formula is C15H19NO. The predicted octanol–water partition coefficient (Wildman–Crippen LogP) is 2.61. The Hall–Kier alpha value is -1.12. The highest BCUT2D eigenvalue weighted by molar-refractivity contribution is 5.34. The molecule has 0 saturated carbocycles. The lowest BCUT2D eigenvalue weighted by atomic mass is 9.95. The second kappa shape index (κ2) is 5.03. The Kier molecular flexibility index (Phi) is 3.25. The topological polar surface area (TPSA) is 21.3 Å². The maximum atomic E-state index is 5.90. The van der Waals surface area contributed by atoms with Gasteiger partial charge in [-0.15, -0.1) is 0 Å². The van der Waals surface area contributed by atoms with Gasteiger partial charge in [0.25, 0.3) is 0 Å². The van der Waals surface area contributed by atoms with Gasteiger partial charge in [0.2, 0.25) is 0 Å². The van der Waals surface area contributed by atoms with Crippen molar-refractivity contribution in [2.45, 2.75) is 25.4 Å². The lowest BCUT2D eigenvalue weighted by molar-refractivity contribution is 0.0742. The monoisotopic (exact) mass is 229 g/mol. The third-order valence-electron chi connectivity index (χ3n) is 3.62. The highest BCUT2D eigenvalue weighted by Gasteiger charge is 2.19. The second-order valence-electron chi connectivity index (χ2n) is 4.85. The summed E-state index contributed by atoms with van der Waals surface area (Å²) in [5.41, 5.74) is 4.30. The van der Waals surface area contributed by atoms with Gasteiger partial charge in [0.15, 0.2) is 0 Å². The van der Waals surface area contributed by atoms with Crippen LogP contribution in [0.1, 0.15) is 30.1 Å². The molecule has 2 nitrogen and oxygen atoms in total. The van der Waals surface area contributed by atoms with Gasteiger partial charge < -0.3 is 10.1 Å². The van der Waals surface area contributed by atoms with Crippen LogP contribution in [0.15, 0.2) is 35.9 Å². The van der Waals surface area contributed by atoms with Gasteiger partial charge in [-0.1, -0.05) is 35.9 Å². The van der Waals surface area contributed by atoms with Crippen LogP contribution in [0, 0.1) is 0 Å². The Labute approximate surface area is 103 Å². The summed E-state index contributed by atoms with van der Waals surface area (Å²) in [6.07, 6.45) is 6.02. The van der Waals surface area contributed by atoms with Crippen LogP contribution in [0.4, 0.5) is 0 Å². The lowest BCUT2D eigenvalue weighted by Gasteiger charge is -2.25. The molecule has 1 fully saturated rings. The number of ether oxygens (including phenoxy) is 1. The fourth-order valence-electron chi connectivity index (χ4n) is 2.70. The number of fused-ring (bicyclic) bond motifs is 1. The maximum Gasteiger partial charge on any atom is 0.101 e. The van der Waals surface area contributed by atoms with Crippen molar-refractivity contribution in [3.8, 4) is 0 Å². The van der Waals surface area contributed by atoms with E-state index in [1.807, 2.05) is 0 Å². The molecule has 0 aliphatic carbocycles. The highest BCUT2D eigenvalue weighted by Crippen LogP contribution is 2.29. The van der Waals surface area contributed by atoms with Crippen LogP contribution < -0.4 is 5.32 Å². The molecule has 2 heterocycles. The van der Waals surface area contributed by atoms with Crippen LogP contribution in [0.3, 0.4) is 0 Å². The molecule has 90 valence electrons. The molecule has 0 aromatic heterocycles. The van der Waals surface area contributed by atoms with E-state index < -0.39 is 0 Å². The van der Waals surface area contributed by atoms with Gasteiger partial charge in [0.05, 0.1) is 6.61 Å². The zero-order chi connectivity index (χ0) is 11.5. The molecule has 0 amide bonds. The number of nitrogens with one attached hydrogen (secondary N) is 1. The minimum atomic E-state index is 0.176. The van der Waals surface area contributed by atoms with E-state index in [1.165, 1.54) is 29.5 Å². The van der Waals surface area contributed by atoms with E-state index in [0.29, 0.717) is 0 Å². The van der Waals surface area contributed by atoms with Crippen molar-refractivity contribution in [1.82, 2.24) is 5.32 Å². The van der Waals surface area contributed by atoms with E-state index >= 15 is 0 Å². The third-order valence-corrected chi connectivity index (χ3v) is 3.62. The smallest absolute Gasteiger partial charge is 0.101 e. The molecule has 0 spiro atoms. The van der Waals surface area contributed by atoms with Crippen molar-refractivity contribution < 1.29 is 4.74 Å². The summed E-state index contributed by atoms with van der Waals surface area (Å²) >= 11 is 0. The predicted molar refractivity (Wildman–Crippen MR) is 69.0 cm³/mol. The first-order valence-corrected chi connectivity index (χ1v) is 6.53. The standard InChI is InChI=1S/C15H19NO/c1-2-6-14-13(5-1)7-9-17-15(14)10-12-4-3-8-16-11-12/h1-2,5-6,10,15-16H,3-4,7-9,11H2/b12-10+. The van der Waals surface area contributed by atoms with Crippen LogP contribution in [-0.4, -0.2) is 19.7 Å². The summed E-state index contributed by atoms with van der Waals surface area (Å²) in [6, 6.07) is 8.66. The zero-order valence-corrected chi connectivity index (χ0v) is 10.1. The van der Waals surface area contributed by atoms with E-state index in [0.717, 1.165) is 26.1 Å². The van der Waals surface area contributed by atoms with Gasteiger partial charge >= 0.3 is 0 Å². The number of piperidine rings is 1. The SMILES string of the molecule is C(=C1/CCCNC1)/C1OCCc2ccccc21. The molecule has 1 unspecified atom stereocenters. The van der Waals surface area contributed by atoms with Gasteiger partial charge in [-0.25, -0.2) is 0 Å². The fourth-order valence-corrected chi connectivity index (χ4v) is 2.70. The molecule has 0 bridgehead atoms. The molecule has 17 heavy (non-hydrogen) atoms. The van der Waals surface area contributed by atoms with Crippen molar-refractivity contribution in [3.63, 3.8) is 0 Å². The first-order chi connectivity index (χ1) is 8.43. The molecule has 1 aromatic rings. The summed E-state index contributed by atoms with van der Waals surface area (Å²) in [7, 11) is 0. The molecule has 2 aliphatic heterocycles. The number of hydrogen-bond donors (Lipinski definition) is 1. The minimum Gasteiger partial charge on any atom is -0.369 e. The Morgan fingerprint density at radius 2 is 2.18 bits per heavy atom. The molecule has 1 atom stereocenters. The molecular weight excluding hydrogens is 210 g/mol. The van der Waals surface area contributed by atoms with Crippen LogP contribution in [-0.2, 0) is 11.2 Å². The summed E-state index contributed by atoms with van der Waals surface area (Å²) in [5, 5.41) is 3.42. The van der Waals surface area contributed by atoms with Crippen LogP contribution in [0.5, 0.6) is 0 Å². The number of benzene rings is 1. The normalized spacial score (nSPS) is 26.8. The Bertz CT molecular complexity index is 417. The Morgan fingerprint density at radius 1 is 1.24 bits per heavy atom. The largest absolute Gasteiger partial charge is 0.369 e. The second-order valence-corrected chi connectivity index (χ2v) is 4.85. The first kappa shape index (κ1) is 11.0. The third kappa shape index (κ3) is 2.43. The molecule has 1 N–H and O–H groups in total. The Morgan fingerprint density at radius 3 is 3.06 bits per heavy atom. The first-order valence-electron chi connectivity index (χ1n) is 6.53. The lowest BCUT2D eigenvalue weighted by Crippen LogP contribution is -2.25. The van der Waals surface area contributed by atoms with E-state index in [2.05, 4.69) is 35.7 Å². The van der Waals surface area contributed by atoms with Gasteiger partial charge in [0.1, 0.15) is 6.10 Å². The average Bonchev–Trinajstić information content (AvgIpc) is 2.40. The van der Waals surface area contributed by atoms with Crippen LogP contribution in [0.2, 0.25) is 0 Å². The van der Waals surface area contributed by atoms with Crippen molar-refractivity contribution in [2.75, 3.05) is 19.7 Å². The van der Waals surface area contributed by atoms with Crippen LogP contribution in [0.25, 0.3) is 0 Å². The van der Waals surface area contributed by atoms with E-state index in [1.54, 1.807) is 0 Å². The fraction of sp³-hybridized carbons (Fsp3) is 0.467. The molecule has 1 aromatic carbocycles. The zero-order valence-electron chi connectivity index (χ0n) is 10.1. The molecule has 0 radical (unpaired) electrons. The summed E-state index contributed by atoms with van der Waals surface area (Å²) in [4.78, 5) is 0. The number of hydrogen-bond acceptors (Lipinski definition) is 2. The quantitative estimate of drug-likeness (QED) is 0.747. The summed E-state index contributed by atoms with van der Waals surface area (Å²) < 4.78 is 5.90. The molecule has 3 rings (SSSR count). The summed E-state index contributed by atoms with van der Waals surface area (Å²) in [5.74, 6) is 0. The van der Waals surface area contributed by atoms with Crippen molar-refractivity contribution in [3.05, 3.63) is 47.0 Å². The van der Waals surface area contributed by atoms with Gasteiger partial charge in [-0.05, 0) is 36.9 Å². The average molecular weight is 229 g/mol. The van der Waals surface area contributed by atoms with E-state index in [9.17, 15) is 0 Å². The number of rotatable bonds is 1. The minimum absolute atomic E-state index is 0.176. The highest BCUT2D eigenvalue weighted by atomic mass is 16.5. The van der Waals surface area contributed by atoms with Crippen molar-refractivity contribution in [2.24, 2.45) is 0 Å². The molecule has 1 saturated heterocycles. The van der Waals surface area contributed by atoms with E-state index in [-0.39, 0.29) is 6.10 Å². The van der Waals surface area contributed by atoms with E-state index in [4.69, 9.17) is 4.74 Å². The van der Waals surface area contributed by atoms with Gasteiger partial charge in [-0.3, -0.25) is 0 Å². The Balaban J connectivity index is 1.84. The molecule has 2 aliphatic rings. The van der Waals surface area contributed by atoms with Crippen molar-refractivity contribution in [1.29, 1.82) is 0 Å². The van der Waals surface area contributed by atoms with Gasteiger partial charge in [-0.2, -0.15) is 0 Å². The molecule has 2 heteroatoms. The van der Waals surface area contributed by atoms with Crippen LogP contribution >= 0.6 is 0 Å². The maximum absolute atomic E-state index is 5.90. The van der Waals surface area contributed by atoms with Gasteiger partial charge in [0, 0.05) is 6.54 Å². The van der Waals surface area contributed by atoms with Crippen molar-refractivity contribution >= 4 is 0 Å².